The molecule has 5 heteroatoms. The van der Waals surface area contributed by atoms with E-state index in [1.54, 1.807) is 7.05 Å². The molecule has 0 heterocycles. The maximum atomic E-state index is 8.81. The highest BCUT2D eigenvalue weighted by Gasteiger charge is 2.22. The van der Waals surface area contributed by atoms with E-state index in [4.69, 9.17) is 20.1 Å². The first kappa shape index (κ1) is 18.0. The van der Waals surface area contributed by atoms with Gasteiger partial charge < -0.3 is 20.1 Å². The van der Waals surface area contributed by atoms with Gasteiger partial charge in [-0.05, 0) is 32.1 Å². The predicted octanol–water partition coefficient (Wildman–Crippen LogP) is 1.55. The van der Waals surface area contributed by atoms with Gasteiger partial charge in [-0.25, -0.2) is 4.99 Å². The van der Waals surface area contributed by atoms with Gasteiger partial charge in [0, 0.05) is 7.05 Å². The Kier molecular flexibility index (Phi) is 13.4. The first-order chi connectivity index (χ1) is 8.15. The number of rotatable bonds is 1. The summed E-state index contributed by atoms with van der Waals surface area (Å²) < 4.78 is 5.48. The van der Waals surface area contributed by atoms with Crippen molar-refractivity contribution in [3.05, 3.63) is 0 Å². The predicted molar refractivity (Wildman–Crippen MR) is 68.9 cm³/mol. The Morgan fingerprint density at radius 1 is 1.41 bits per heavy atom. The number of hydrogen-bond donors (Lipinski definition) is 1. The third kappa shape index (κ3) is 9.53. The Labute approximate surface area is 103 Å². The molecule has 0 aromatic carbocycles. The second-order valence-electron chi connectivity index (χ2n) is 3.72. The number of amidine groups is 1. The minimum absolute atomic E-state index is 0.294. The first-order valence-electron chi connectivity index (χ1n) is 5.73. The fourth-order valence-corrected chi connectivity index (χ4v) is 1.67. The standard InChI is InChI=1S/C9H18N2O.C2H4O.CH2O/c1-7-5-3-4-6-8(7)12-9(10)11-2;1-2-3;1-2/h7-8H,3-6H2,1-2H3,(H2,10,11);2H,1H3;1H2. The Morgan fingerprint density at radius 2 is 1.88 bits per heavy atom. The molecule has 0 aromatic heterocycles. The number of aliphatic imine (C=N–C) groups is 1. The Morgan fingerprint density at radius 3 is 2.29 bits per heavy atom. The van der Waals surface area contributed by atoms with Crippen LogP contribution in [0, 0.1) is 5.92 Å². The van der Waals surface area contributed by atoms with Crippen LogP contribution in [-0.2, 0) is 14.3 Å². The summed E-state index contributed by atoms with van der Waals surface area (Å²) in [5, 5.41) is 0. The molecule has 5 nitrogen and oxygen atoms in total. The van der Waals surface area contributed by atoms with E-state index in [9.17, 15) is 0 Å². The molecule has 0 bridgehead atoms. The zero-order valence-electron chi connectivity index (χ0n) is 11.0. The minimum atomic E-state index is 0.294. The van der Waals surface area contributed by atoms with E-state index in [2.05, 4.69) is 11.9 Å². The molecule has 100 valence electrons. The van der Waals surface area contributed by atoms with Gasteiger partial charge in [-0.15, -0.1) is 0 Å². The van der Waals surface area contributed by atoms with E-state index in [0.29, 0.717) is 18.0 Å². The van der Waals surface area contributed by atoms with E-state index < -0.39 is 0 Å². The zero-order valence-corrected chi connectivity index (χ0v) is 11.0. The second-order valence-corrected chi connectivity index (χ2v) is 3.72. The number of carbonyl (C=O) groups excluding carboxylic acids is 2. The molecule has 0 amide bonds. The van der Waals surface area contributed by atoms with Crippen LogP contribution in [-0.4, -0.2) is 32.2 Å². The summed E-state index contributed by atoms with van der Waals surface area (Å²) in [6, 6.07) is 0.328. The molecule has 17 heavy (non-hydrogen) atoms. The summed E-state index contributed by atoms with van der Waals surface area (Å²) in [7, 11) is 1.66. The number of hydrogen-bond acceptors (Lipinski definition) is 4. The molecule has 2 atom stereocenters. The molecule has 1 fully saturated rings. The first-order valence-corrected chi connectivity index (χ1v) is 5.73. The molecule has 0 spiro atoms. The normalized spacial score (nSPS) is 23.4. The highest BCUT2D eigenvalue weighted by molar-refractivity contribution is 5.71. The smallest absolute Gasteiger partial charge is 0.281 e. The molecule has 0 aliphatic heterocycles. The summed E-state index contributed by atoms with van der Waals surface area (Å²) >= 11 is 0. The highest BCUT2D eigenvalue weighted by atomic mass is 16.5. The third-order valence-electron chi connectivity index (χ3n) is 2.53. The second kappa shape index (κ2) is 12.7. The third-order valence-corrected chi connectivity index (χ3v) is 2.53. The fraction of sp³-hybridized carbons (Fsp3) is 0.750. The number of nitrogens with two attached hydrogens (primary N) is 1. The zero-order chi connectivity index (χ0) is 13.7. The summed E-state index contributed by atoms with van der Waals surface area (Å²) in [5.74, 6) is 0.624. The van der Waals surface area contributed by atoms with Gasteiger partial charge >= 0.3 is 0 Å². The molecule has 1 rings (SSSR count). The molecule has 0 aromatic rings. The van der Waals surface area contributed by atoms with E-state index >= 15 is 0 Å². The number of aldehydes is 1. The van der Waals surface area contributed by atoms with Gasteiger partial charge in [-0.1, -0.05) is 13.3 Å². The number of carbonyl (C=O) groups is 2. The van der Waals surface area contributed by atoms with Crippen molar-refractivity contribution in [3.63, 3.8) is 0 Å². The summed E-state index contributed by atoms with van der Waals surface area (Å²) in [6.07, 6.45) is 6.00. The van der Waals surface area contributed by atoms with Crippen LogP contribution < -0.4 is 5.73 Å². The van der Waals surface area contributed by atoms with Gasteiger partial charge in [0.1, 0.15) is 19.2 Å². The van der Waals surface area contributed by atoms with Crippen molar-refractivity contribution < 1.29 is 14.3 Å². The lowest BCUT2D eigenvalue weighted by molar-refractivity contribution is -0.106. The van der Waals surface area contributed by atoms with Crippen LogP contribution in [0.25, 0.3) is 0 Å². The topological polar surface area (TPSA) is 81.8 Å². The van der Waals surface area contributed by atoms with Crippen molar-refractivity contribution in [2.24, 2.45) is 16.6 Å². The van der Waals surface area contributed by atoms with E-state index in [1.807, 2.05) is 6.79 Å². The van der Waals surface area contributed by atoms with Gasteiger partial charge in [0.2, 0.25) is 0 Å². The van der Waals surface area contributed by atoms with E-state index in [0.717, 1.165) is 12.7 Å². The van der Waals surface area contributed by atoms with Crippen LogP contribution in [0.4, 0.5) is 0 Å². The van der Waals surface area contributed by atoms with Crippen LogP contribution in [0.5, 0.6) is 0 Å². The van der Waals surface area contributed by atoms with Crippen molar-refractivity contribution >= 4 is 19.1 Å². The Balaban J connectivity index is 0. The van der Waals surface area contributed by atoms with Gasteiger partial charge in [-0.2, -0.15) is 0 Å². The van der Waals surface area contributed by atoms with Gasteiger partial charge in [0.25, 0.3) is 6.02 Å². The van der Waals surface area contributed by atoms with Crippen molar-refractivity contribution in [2.75, 3.05) is 7.05 Å². The SMILES string of the molecule is C=O.CC=O.CN=C(N)OC1CCCCC1C. The molecule has 0 radical (unpaired) electrons. The van der Waals surface area contributed by atoms with Crippen LogP contribution >= 0.6 is 0 Å². The average molecular weight is 244 g/mol. The Hall–Kier alpha value is -1.39. The monoisotopic (exact) mass is 244 g/mol. The quantitative estimate of drug-likeness (QED) is 0.431. The molecule has 1 saturated carbocycles. The van der Waals surface area contributed by atoms with Crippen LogP contribution in [0.3, 0.4) is 0 Å². The van der Waals surface area contributed by atoms with Crippen molar-refractivity contribution in [1.82, 2.24) is 0 Å². The summed E-state index contributed by atoms with van der Waals surface area (Å²) in [4.78, 5) is 20.6. The lowest BCUT2D eigenvalue weighted by Gasteiger charge is -2.28. The molecular weight excluding hydrogens is 220 g/mol. The molecular formula is C12H24N2O3. The molecule has 2 N–H and O–H groups in total. The molecule has 1 aliphatic carbocycles. The lowest BCUT2D eigenvalue weighted by Crippen LogP contribution is -2.31. The van der Waals surface area contributed by atoms with Gasteiger partial charge in [0.05, 0.1) is 0 Å². The van der Waals surface area contributed by atoms with Crippen LogP contribution in [0.15, 0.2) is 4.99 Å². The average Bonchev–Trinajstić information content (AvgIpc) is 2.35. The molecule has 0 saturated heterocycles. The highest BCUT2D eigenvalue weighted by Crippen LogP contribution is 2.25. The van der Waals surface area contributed by atoms with E-state index in [-0.39, 0.29) is 0 Å². The van der Waals surface area contributed by atoms with Crippen LogP contribution in [0.2, 0.25) is 0 Å². The molecule has 2 unspecified atom stereocenters. The number of nitrogens with zero attached hydrogens (tertiary/aromatic N) is 1. The van der Waals surface area contributed by atoms with Gasteiger partial charge in [-0.3, -0.25) is 0 Å². The minimum Gasteiger partial charge on any atom is -0.462 e. The van der Waals surface area contributed by atoms with Crippen LogP contribution in [0.1, 0.15) is 39.5 Å². The Bertz CT molecular complexity index is 220. The maximum absolute atomic E-state index is 8.81. The number of ether oxygens (including phenoxy) is 1. The maximum Gasteiger partial charge on any atom is 0.281 e. The largest absolute Gasteiger partial charge is 0.462 e. The van der Waals surface area contributed by atoms with E-state index in [1.165, 1.54) is 26.2 Å². The summed E-state index contributed by atoms with van der Waals surface area (Å²) in [6.45, 7) is 5.66. The fourth-order valence-electron chi connectivity index (χ4n) is 1.67. The van der Waals surface area contributed by atoms with Crippen molar-refractivity contribution in [3.8, 4) is 0 Å². The van der Waals surface area contributed by atoms with Gasteiger partial charge in [0.15, 0.2) is 0 Å². The van der Waals surface area contributed by atoms with Crippen molar-refractivity contribution in [2.45, 2.75) is 45.6 Å². The lowest BCUT2D eigenvalue weighted by atomic mass is 9.88. The van der Waals surface area contributed by atoms with Crippen molar-refractivity contribution in [1.29, 1.82) is 0 Å². The summed E-state index contributed by atoms with van der Waals surface area (Å²) in [5.41, 5.74) is 5.49. The molecule has 1 aliphatic rings.